The lowest BCUT2D eigenvalue weighted by Crippen LogP contribution is -2.61. The molecule has 0 radical (unpaired) electrons. The molecule has 7 heteroatoms. The van der Waals surface area contributed by atoms with Gasteiger partial charge in [-0.3, -0.25) is 0 Å². The van der Waals surface area contributed by atoms with Crippen LogP contribution in [0.4, 0.5) is 34.1 Å². The van der Waals surface area contributed by atoms with E-state index in [1.54, 1.807) is 0 Å². The highest BCUT2D eigenvalue weighted by Gasteiger charge is 2.46. The molecule has 4 aliphatic rings. The van der Waals surface area contributed by atoms with Gasteiger partial charge in [0.1, 0.15) is 26.4 Å². The molecule has 0 saturated heterocycles. The minimum absolute atomic E-state index is 0.0269. The van der Waals surface area contributed by atoms with Crippen LogP contribution in [0.5, 0.6) is 23.0 Å². The molecule has 0 unspecified atom stereocenters. The van der Waals surface area contributed by atoms with Gasteiger partial charge in [0.15, 0.2) is 23.0 Å². The molecule has 6 nitrogen and oxygen atoms in total. The fourth-order valence-corrected chi connectivity index (χ4v) is 9.26. The fraction of sp³-hybridized carbons (Fsp3) is 0.308. The molecular formula is C52H53BN2O4. The van der Waals surface area contributed by atoms with Crippen molar-refractivity contribution in [3.8, 4) is 34.1 Å². The molecule has 6 aromatic rings. The molecule has 6 aromatic carbocycles. The van der Waals surface area contributed by atoms with Gasteiger partial charge in [0.25, 0.3) is 6.71 Å². The Morgan fingerprint density at radius 3 is 1.64 bits per heavy atom. The van der Waals surface area contributed by atoms with E-state index in [-0.39, 0.29) is 23.0 Å². The number of para-hydroxylation sites is 1. The van der Waals surface area contributed by atoms with Crippen LogP contribution in [0.3, 0.4) is 0 Å². The topological polar surface area (TPSA) is 43.4 Å². The lowest BCUT2D eigenvalue weighted by Gasteiger charge is -2.45. The quantitative estimate of drug-likeness (QED) is 0.166. The number of nitrogens with zero attached hydrogens (tertiary/aromatic N) is 2. The second-order valence-corrected chi connectivity index (χ2v) is 19.5. The highest BCUT2D eigenvalue weighted by Crippen LogP contribution is 2.54. The average molecular weight is 781 g/mol. The number of hydrogen-bond acceptors (Lipinski definition) is 6. The third-order valence-corrected chi connectivity index (χ3v) is 12.5. The zero-order chi connectivity index (χ0) is 41.0. The van der Waals surface area contributed by atoms with E-state index in [0.717, 1.165) is 68.0 Å². The van der Waals surface area contributed by atoms with E-state index >= 15 is 0 Å². The Morgan fingerprint density at radius 2 is 1.00 bits per heavy atom. The summed E-state index contributed by atoms with van der Waals surface area (Å²) in [6, 6.07) is 40.8. The molecule has 0 bridgehead atoms. The first-order chi connectivity index (χ1) is 28.2. The maximum absolute atomic E-state index is 6.68. The largest absolute Gasteiger partial charge is 0.486 e. The van der Waals surface area contributed by atoms with Crippen LogP contribution >= 0.6 is 0 Å². The molecule has 0 N–H and O–H groups in total. The van der Waals surface area contributed by atoms with Gasteiger partial charge in [0.05, 0.1) is 11.4 Å². The first kappa shape index (κ1) is 37.5. The monoisotopic (exact) mass is 780 g/mol. The summed E-state index contributed by atoms with van der Waals surface area (Å²) in [7, 11) is 0. The minimum Gasteiger partial charge on any atom is -0.486 e. The van der Waals surface area contributed by atoms with Crippen LogP contribution in [0.25, 0.3) is 11.1 Å². The van der Waals surface area contributed by atoms with Gasteiger partial charge in [-0.15, -0.1) is 0 Å². The van der Waals surface area contributed by atoms with Gasteiger partial charge in [-0.1, -0.05) is 123 Å². The molecule has 298 valence electrons. The lowest BCUT2D eigenvalue weighted by molar-refractivity contribution is 0.171. The van der Waals surface area contributed by atoms with Crippen molar-refractivity contribution in [2.24, 2.45) is 0 Å². The zero-order valence-electron chi connectivity index (χ0n) is 35.8. The summed E-state index contributed by atoms with van der Waals surface area (Å²) in [6.07, 6.45) is 0. The van der Waals surface area contributed by atoms with Crippen molar-refractivity contribution in [2.75, 3.05) is 36.2 Å². The molecule has 59 heavy (non-hydrogen) atoms. The van der Waals surface area contributed by atoms with Crippen molar-refractivity contribution in [2.45, 2.75) is 78.6 Å². The van der Waals surface area contributed by atoms with Crippen LogP contribution in [0, 0.1) is 0 Å². The summed E-state index contributed by atoms with van der Waals surface area (Å²) >= 11 is 0. The standard InChI is InChI=1S/C52H53BN2O4/c1-50(2,3)34-15-13-32(14-16-34)33-29-42-46-43(30-33)55(41-11-10-12-44-48(41)58-27-25-56-44)47-38(22-24-45-49(47)59-28-26-57-45)53(46)39-31-36(52(7,8)9)19-23-40(39)54(42)37-20-17-35(18-21-37)51(4,5)6/h10-24,29-31H,25-28H2,1-9H3. The van der Waals surface area contributed by atoms with Crippen LogP contribution in [-0.4, -0.2) is 33.1 Å². The first-order valence-corrected chi connectivity index (χ1v) is 21.1. The van der Waals surface area contributed by atoms with Gasteiger partial charge in [0, 0.05) is 22.7 Å². The van der Waals surface area contributed by atoms with E-state index in [2.05, 4.69) is 175 Å². The maximum atomic E-state index is 6.68. The Morgan fingerprint density at radius 1 is 0.441 bits per heavy atom. The Labute approximate surface area is 349 Å². The third kappa shape index (κ3) is 6.15. The molecule has 0 aliphatic carbocycles. The number of fused-ring (bicyclic) bond motifs is 7. The summed E-state index contributed by atoms with van der Waals surface area (Å²) < 4.78 is 25.8. The molecule has 4 aliphatic heterocycles. The van der Waals surface area contributed by atoms with E-state index in [4.69, 9.17) is 18.9 Å². The van der Waals surface area contributed by atoms with E-state index in [0.29, 0.717) is 26.4 Å². The molecule has 0 atom stereocenters. The van der Waals surface area contributed by atoms with E-state index < -0.39 is 0 Å². The molecule has 0 aromatic heterocycles. The van der Waals surface area contributed by atoms with Gasteiger partial charge in [-0.25, -0.2) is 0 Å². The molecule has 0 amide bonds. The summed E-state index contributed by atoms with van der Waals surface area (Å²) in [5.41, 5.74) is 16.2. The Bertz CT molecular complexity index is 2630. The highest BCUT2D eigenvalue weighted by atomic mass is 16.6. The molecule has 10 rings (SSSR count). The summed E-state index contributed by atoms with van der Waals surface area (Å²) in [5, 5.41) is 0. The molecular weight excluding hydrogens is 727 g/mol. The van der Waals surface area contributed by atoms with Crippen molar-refractivity contribution in [1.82, 2.24) is 0 Å². The lowest BCUT2D eigenvalue weighted by atomic mass is 9.33. The first-order valence-electron chi connectivity index (χ1n) is 21.1. The van der Waals surface area contributed by atoms with Gasteiger partial charge in [-0.2, -0.15) is 0 Å². The SMILES string of the molecule is CC(C)(C)c1ccc(-c2cc3c4c(c2)N(c2cccc5c2OCCO5)c2c(ccc5c2OCCO5)B4c2cc(C(C)(C)C)ccc2N3c2ccc(C(C)(C)C)cc2)cc1. The molecule has 0 saturated carbocycles. The number of rotatable bonds is 3. The normalized spacial score (nSPS) is 15.4. The molecule has 0 fully saturated rings. The number of ether oxygens (including phenoxy) is 4. The second-order valence-electron chi connectivity index (χ2n) is 19.5. The molecule has 4 heterocycles. The van der Waals surface area contributed by atoms with Crippen LogP contribution in [0.2, 0.25) is 0 Å². The fourth-order valence-electron chi connectivity index (χ4n) is 9.26. The van der Waals surface area contributed by atoms with Gasteiger partial charge < -0.3 is 28.7 Å². The number of hydrogen-bond donors (Lipinski definition) is 0. The van der Waals surface area contributed by atoms with Gasteiger partial charge in [-0.05, 0) is 109 Å². The highest BCUT2D eigenvalue weighted by molar-refractivity contribution is 7.00. The maximum Gasteiger partial charge on any atom is 0.252 e. The van der Waals surface area contributed by atoms with Crippen LogP contribution in [0.15, 0.2) is 109 Å². The molecule has 0 spiro atoms. The van der Waals surface area contributed by atoms with Crippen molar-refractivity contribution >= 4 is 57.2 Å². The predicted molar refractivity (Wildman–Crippen MR) is 244 cm³/mol. The van der Waals surface area contributed by atoms with Crippen molar-refractivity contribution in [3.05, 3.63) is 126 Å². The van der Waals surface area contributed by atoms with Crippen LogP contribution in [0.1, 0.15) is 79.0 Å². The van der Waals surface area contributed by atoms with Crippen LogP contribution in [-0.2, 0) is 16.2 Å². The Balaban J connectivity index is 1.33. The second kappa shape index (κ2) is 13.4. The number of anilines is 6. The summed E-state index contributed by atoms with van der Waals surface area (Å²) in [6.45, 7) is 22.4. The third-order valence-electron chi connectivity index (χ3n) is 12.5. The minimum atomic E-state index is -0.0986. The summed E-state index contributed by atoms with van der Waals surface area (Å²) in [4.78, 5) is 4.87. The van der Waals surface area contributed by atoms with E-state index in [1.165, 1.54) is 33.3 Å². The number of benzene rings is 6. The Hall–Kier alpha value is -5.82. The average Bonchev–Trinajstić information content (AvgIpc) is 3.22. The summed E-state index contributed by atoms with van der Waals surface area (Å²) in [5.74, 6) is 2.97. The van der Waals surface area contributed by atoms with Gasteiger partial charge in [0.2, 0.25) is 0 Å². The van der Waals surface area contributed by atoms with Crippen molar-refractivity contribution in [1.29, 1.82) is 0 Å². The zero-order valence-corrected chi connectivity index (χ0v) is 35.8. The van der Waals surface area contributed by atoms with Crippen molar-refractivity contribution < 1.29 is 18.9 Å². The predicted octanol–water partition coefficient (Wildman–Crippen LogP) is 10.9. The van der Waals surface area contributed by atoms with E-state index in [9.17, 15) is 0 Å². The van der Waals surface area contributed by atoms with Crippen LogP contribution < -0.4 is 45.1 Å². The smallest absolute Gasteiger partial charge is 0.252 e. The van der Waals surface area contributed by atoms with E-state index in [1.807, 2.05) is 6.07 Å². The van der Waals surface area contributed by atoms with Crippen molar-refractivity contribution in [3.63, 3.8) is 0 Å². The Kier molecular flexibility index (Phi) is 8.48. The van der Waals surface area contributed by atoms with Gasteiger partial charge >= 0.3 is 0 Å².